The summed E-state index contributed by atoms with van der Waals surface area (Å²) >= 11 is 1.12. The maximum atomic E-state index is 12.9. The average molecular weight is 409 g/mol. The Kier molecular flexibility index (Phi) is 4.76. The van der Waals surface area contributed by atoms with Gasteiger partial charge >= 0.3 is 6.01 Å². The van der Waals surface area contributed by atoms with Crippen LogP contribution in [0.15, 0.2) is 42.9 Å². The van der Waals surface area contributed by atoms with E-state index in [1.54, 1.807) is 11.4 Å². The van der Waals surface area contributed by atoms with E-state index in [0.29, 0.717) is 12.8 Å². The Morgan fingerprint density at radius 2 is 2.19 bits per heavy atom. The van der Waals surface area contributed by atoms with Gasteiger partial charge in [0.1, 0.15) is 10.3 Å². The van der Waals surface area contributed by atoms with Crippen molar-refractivity contribution in [2.24, 2.45) is 0 Å². The molecule has 0 saturated carbocycles. The summed E-state index contributed by atoms with van der Waals surface area (Å²) in [6.45, 7) is 0.283. The van der Waals surface area contributed by atoms with Crippen LogP contribution in [0, 0.1) is 0 Å². The molecule has 142 valence electrons. The third-order valence-corrected chi connectivity index (χ3v) is 7.40. The van der Waals surface area contributed by atoms with Crippen LogP contribution in [0.2, 0.25) is 0 Å². The first-order valence-electron chi connectivity index (χ1n) is 8.16. The van der Waals surface area contributed by atoms with Crippen molar-refractivity contribution in [1.29, 1.82) is 0 Å². The van der Waals surface area contributed by atoms with Gasteiger partial charge in [-0.1, -0.05) is 22.7 Å². The van der Waals surface area contributed by atoms with E-state index < -0.39 is 22.0 Å². The van der Waals surface area contributed by atoms with Crippen molar-refractivity contribution >= 4 is 33.3 Å². The quantitative estimate of drug-likeness (QED) is 0.676. The molecule has 4 heterocycles. The summed E-state index contributed by atoms with van der Waals surface area (Å²) in [6, 6.07) is 3.76. The van der Waals surface area contributed by atoms with Crippen LogP contribution < -0.4 is 5.32 Å². The first-order chi connectivity index (χ1) is 13.1. The maximum Gasteiger partial charge on any atom is 0.322 e. The zero-order valence-corrected chi connectivity index (χ0v) is 15.6. The van der Waals surface area contributed by atoms with Crippen LogP contribution in [0.4, 0.5) is 6.01 Å². The van der Waals surface area contributed by atoms with Gasteiger partial charge in [-0.3, -0.25) is 10.1 Å². The number of aromatic nitrogens is 3. The molecule has 0 radical (unpaired) electrons. The highest BCUT2D eigenvalue weighted by Gasteiger charge is 2.38. The van der Waals surface area contributed by atoms with Gasteiger partial charge in [0.2, 0.25) is 11.7 Å². The zero-order valence-electron chi connectivity index (χ0n) is 13.9. The van der Waals surface area contributed by atoms with E-state index in [-0.39, 0.29) is 28.4 Å². The molecule has 3 aromatic heterocycles. The number of anilines is 1. The monoisotopic (exact) mass is 409 g/mol. The van der Waals surface area contributed by atoms with Crippen LogP contribution in [-0.2, 0) is 14.8 Å². The molecule has 1 aliphatic rings. The number of nitrogens with zero attached hydrogens (tertiary/aromatic N) is 4. The van der Waals surface area contributed by atoms with Gasteiger partial charge in [0.25, 0.3) is 15.9 Å². The number of hydrogen-bond donors (Lipinski definition) is 1. The Labute approximate surface area is 158 Å². The van der Waals surface area contributed by atoms with Crippen molar-refractivity contribution in [3.8, 4) is 11.7 Å². The molecule has 1 atom stereocenters. The first kappa shape index (κ1) is 17.8. The molecule has 0 spiro atoms. The van der Waals surface area contributed by atoms with Gasteiger partial charge in [-0.2, -0.15) is 4.31 Å². The van der Waals surface area contributed by atoms with Crippen molar-refractivity contribution in [3.05, 3.63) is 29.8 Å². The maximum absolute atomic E-state index is 12.9. The molecule has 0 aromatic carbocycles. The van der Waals surface area contributed by atoms with Crippen LogP contribution >= 0.6 is 11.3 Å². The smallest absolute Gasteiger partial charge is 0.322 e. The Bertz CT molecular complexity index is 1010. The topological polar surface area (TPSA) is 131 Å². The van der Waals surface area contributed by atoms with Crippen LogP contribution in [0.1, 0.15) is 19.3 Å². The summed E-state index contributed by atoms with van der Waals surface area (Å²) in [6.07, 6.45) is 3.29. The number of sulfonamides is 1. The molecule has 1 amide bonds. The zero-order chi connectivity index (χ0) is 18.9. The van der Waals surface area contributed by atoms with Crippen molar-refractivity contribution in [2.75, 3.05) is 11.9 Å². The molecule has 0 aliphatic carbocycles. The third kappa shape index (κ3) is 3.50. The highest BCUT2D eigenvalue weighted by atomic mass is 32.2. The lowest BCUT2D eigenvalue weighted by atomic mass is 10.0. The van der Waals surface area contributed by atoms with Crippen molar-refractivity contribution in [2.45, 2.75) is 29.5 Å². The molecule has 1 N–H and O–H groups in total. The average Bonchev–Trinajstić information content (AvgIpc) is 3.42. The number of amides is 1. The van der Waals surface area contributed by atoms with Crippen molar-refractivity contribution in [1.82, 2.24) is 19.7 Å². The van der Waals surface area contributed by atoms with Crippen LogP contribution in [0.25, 0.3) is 11.7 Å². The molecule has 0 bridgehead atoms. The Morgan fingerprint density at radius 1 is 1.30 bits per heavy atom. The second-order valence-electron chi connectivity index (χ2n) is 5.84. The van der Waals surface area contributed by atoms with Crippen molar-refractivity contribution in [3.63, 3.8) is 0 Å². The van der Waals surface area contributed by atoms with Crippen LogP contribution in [0.3, 0.4) is 0 Å². The molecule has 10 nitrogen and oxygen atoms in total. The highest BCUT2D eigenvalue weighted by Crippen LogP contribution is 2.28. The number of hydrogen-bond acceptors (Lipinski definition) is 9. The van der Waals surface area contributed by atoms with Gasteiger partial charge in [-0.15, -0.1) is 16.4 Å². The first-order valence-corrected chi connectivity index (χ1v) is 10.5. The van der Waals surface area contributed by atoms with Gasteiger partial charge in [-0.05, 0) is 24.3 Å². The second kappa shape index (κ2) is 7.21. The molecule has 1 saturated heterocycles. The lowest BCUT2D eigenvalue weighted by Gasteiger charge is -2.32. The van der Waals surface area contributed by atoms with Gasteiger partial charge in [-0.25, -0.2) is 8.42 Å². The third-order valence-electron chi connectivity index (χ3n) is 4.12. The van der Waals surface area contributed by atoms with Gasteiger partial charge < -0.3 is 8.94 Å². The van der Waals surface area contributed by atoms with E-state index in [9.17, 15) is 13.2 Å². The summed E-state index contributed by atoms with van der Waals surface area (Å²) in [4.78, 5) is 12.7. The second-order valence-corrected chi connectivity index (χ2v) is 8.90. The fourth-order valence-electron chi connectivity index (χ4n) is 2.87. The Morgan fingerprint density at radius 3 is 2.93 bits per heavy atom. The molecule has 4 rings (SSSR count). The fraction of sp³-hybridized carbons (Fsp3) is 0.333. The molecule has 1 fully saturated rings. The van der Waals surface area contributed by atoms with E-state index in [1.807, 2.05) is 0 Å². The number of carbonyl (C=O) groups is 1. The summed E-state index contributed by atoms with van der Waals surface area (Å²) in [7, 11) is -3.73. The summed E-state index contributed by atoms with van der Waals surface area (Å²) < 4.78 is 37.4. The molecular weight excluding hydrogens is 394 g/mol. The minimum Gasteiger partial charge on any atom is -0.400 e. The molecule has 27 heavy (non-hydrogen) atoms. The molecule has 1 aliphatic heterocycles. The SMILES string of the molecule is O=C(Nc1nnc(-c2ccno2)o1)[C@@H]1CCCCN1S(=O)(=O)c1cccs1. The number of nitrogens with one attached hydrogen (secondary N) is 1. The summed E-state index contributed by atoms with van der Waals surface area (Å²) in [5.41, 5.74) is 0. The minimum atomic E-state index is -3.73. The lowest BCUT2D eigenvalue weighted by molar-refractivity contribution is -0.120. The standard InChI is InChI=1S/C15H15N5O5S2/c21-13(17-15-19-18-14(24-15)11-6-7-16-25-11)10-4-1-2-8-20(10)27(22,23)12-5-3-9-26-12/h3,5-7,9-10H,1-2,4,8H2,(H,17,19,21)/t10-/m0/s1. The largest absolute Gasteiger partial charge is 0.400 e. The number of rotatable bonds is 5. The van der Waals surface area contributed by atoms with E-state index in [1.165, 1.54) is 22.6 Å². The fourth-order valence-corrected chi connectivity index (χ4v) is 5.64. The van der Waals surface area contributed by atoms with Gasteiger partial charge in [0.15, 0.2) is 0 Å². The number of piperidine rings is 1. The summed E-state index contributed by atoms with van der Waals surface area (Å²) in [5, 5.41) is 15.2. The molecule has 12 heteroatoms. The molecule has 0 unspecified atom stereocenters. The van der Waals surface area contributed by atoms with Gasteiger partial charge in [0.05, 0.1) is 6.20 Å². The van der Waals surface area contributed by atoms with Crippen molar-refractivity contribution < 1.29 is 22.2 Å². The minimum absolute atomic E-state index is 0.0644. The summed E-state index contributed by atoms with van der Waals surface area (Å²) in [5.74, 6) is -0.181. The van der Waals surface area contributed by atoms with Gasteiger partial charge in [0, 0.05) is 12.6 Å². The lowest BCUT2D eigenvalue weighted by Crippen LogP contribution is -2.49. The predicted octanol–water partition coefficient (Wildman–Crippen LogP) is 1.97. The number of thiophene rings is 1. The van der Waals surface area contributed by atoms with Crippen LogP contribution in [0.5, 0.6) is 0 Å². The normalized spacial score (nSPS) is 18.4. The Hall–Kier alpha value is -2.57. The molecular formula is C15H15N5O5S2. The van der Waals surface area contributed by atoms with E-state index in [2.05, 4.69) is 20.7 Å². The molecule has 3 aromatic rings. The van der Waals surface area contributed by atoms with E-state index in [4.69, 9.17) is 8.94 Å². The van der Waals surface area contributed by atoms with Crippen LogP contribution in [-0.4, -0.2) is 46.6 Å². The van der Waals surface area contributed by atoms with E-state index >= 15 is 0 Å². The number of carbonyl (C=O) groups excluding carboxylic acids is 1. The highest BCUT2D eigenvalue weighted by molar-refractivity contribution is 7.91. The Balaban J connectivity index is 1.53. The predicted molar refractivity (Wildman–Crippen MR) is 94.3 cm³/mol. The van der Waals surface area contributed by atoms with E-state index in [0.717, 1.165) is 17.8 Å².